The van der Waals surface area contributed by atoms with Crippen LogP contribution in [0.1, 0.15) is 37.3 Å². The summed E-state index contributed by atoms with van der Waals surface area (Å²) in [5.74, 6) is 0.479. The third kappa shape index (κ3) is 2.71. The summed E-state index contributed by atoms with van der Waals surface area (Å²) in [4.78, 5) is 20.2. The van der Waals surface area contributed by atoms with E-state index >= 15 is 0 Å². The van der Waals surface area contributed by atoms with Crippen molar-refractivity contribution < 1.29 is 4.79 Å². The molecule has 134 valence electrons. The van der Waals surface area contributed by atoms with E-state index in [1.165, 1.54) is 22.0 Å². The highest BCUT2D eigenvalue weighted by Crippen LogP contribution is 2.42. The first kappa shape index (κ1) is 16.5. The molecule has 1 aliphatic heterocycles. The van der Waals surface area contributed by atoms with Gasteiger partial charge in [-0.15, -0.1) is 0 Å². The van der Waals surface area contributed by atoms with Gasteiger partial charge in [-0.3, -0.25) is 0 Å². The maximum Gasteiger partial charge on any atom is 0.317 e. The van der Waals surface area contributed by atoms with Crippen LogP contribution in [-0.2, 0) is 6.42 Å². The van der Waals surface area contributed by atoms with Gasteiger partial charge in [0.1, 0.15) is 0 Å². The number of benzene rings is 1. The predicted molar refractivity (Wildman–Crippen MR) is 101 cm³/mol. The summed E-state index contributed by atoms with van der Waals surface area (Å²) in [7, 11) is 2.20. The van der Waals surface area contributed by atoms with E-state index in [4.69, 9.17) is 0 Å². The normalized spacial score (nSPS) is 25.6. The Morgan fingerprint density at radius 1 is 1.36 bits per heavy atom. The molecule has 1 aromatic carbocycles. The van der Waals surface area contributed by atoms with Gasteiger partial charge < -0.3 is 20.1 Å². The summed E-state index contributed by atoms with van der Waals surface area (Å²) in [6.45, 7) is 6.48. The van der Waals surface area contributed by atoms with Gasteiger partial charge in [0.15, 0.2) is 0 Å². The Bertz CT molecular complexity index is 779. The van der Waals surface area contributed by atoms with Crippen molar-refractivity contribution in [1.82, 2.24) is 20.1 Å². The highest BCUT2D eigenvalue weighted by Gasteiger charge is 2.39. The number of carbonyl (C=O) groups excluding carboxylic acids is 1. The summed E-state index contributed by atoms with van der Waals surface area (Å²) < 4.78 is 0. The molecule has 2 amide bonds. The first-order valence-corrected chi connectivity index (χ1v) is 9.46. The Morgan fingerprint density at radius 3 is 2.92 bits per heavy atom. The fourth-order valence-corrected chi connectivity index (χ4v) is 4.82. The van der Waals surface area contributed by atoms with E-state index in [2.05, 4.69) is 46.6 Å². The first-order valence-electron chi connectivity index (χ1n) is 9.46. The molecule has 1 aliphatic carbocycles. The molecule has 1 fully saturated rings. The van der Waals surface area contributed by atoms with Crippen LogP contribution in [0.15, 0.2) is 24.4 Å². The number of urea groups is 1. The zero-order chi connectivity index (χ0) is 17.6. The van der Waals surface area contributed by atoms with Gasteiger partial charge in [0.2, 0.25) is 0 Å². The van der Waals surface area contributed by atoms with E-state index in [0.29, 0.717) is 12.0 Å². The lowest BCUT2D eigenvalue weighted by molar-refractivity contribution is 0.124. The van der Waals surface area contributed by atoms with Gasteiger partial charge in [-0.1, -0.05) is 12.1 Å². The molecule has 0 spiro atoms. The lowest BCUT2D eigenvalue weighted by atomic mass is 9.74. The van der Waals surface area contributed by atoms with Crippen molar-refractivity contribution in [3.05, 3.63) is 35.5 Å². The van der Waals surface area contributed by atoms with E-state index in [9.17, 15) is 4.79 Å². The van der Waals surface area contributed by atoms with Crippen molar-refractivity contribution in [2.45, 2.75) is 44.7 Å². The minimum atomic E-state index is 0.0678. The van der Waals surface area contributed by atoms with Gasteiger partial charge in [0, 0.05) is 54.7 Å². The predicted octanol–water partition coefficient (Wildman–Crippen LogP) is 2.93. The van der Waals surface area contributed by atoms with Crippen molar-refractivity contribution in [2.24, 2.45) is 0 Å². The van der Waals surface area contributed by atoms with Crippen LogP contribution >= 0.6 is 0 Å². The van der Waals surface area contributed by atoms with E-state index in [1.54, 1.807) is 0 Å². The van der Waals surface area contributed by atoms with Gasteiger partial charge >= 0.3 is 6.03 Å². The maximum atomic E-state index is 12.5. The molecule has 2 unspecified atom stereocenters. The Hall–Kier alpha value is -2.01. The third-order valence-corrected chi connectivity index (χ3v) is 6.10. The zero-order valence-electron chi connectivity index (χ0n) is 15.4. The molecule has 2 heterocycles. The molecule has 1 saturated heterocycles. The standard InChI is InChI=1S/C20H28N4O/c1-4-24(5-2)20(25)22-14-10-16-15-7-6-8-17-19(15)13(11-21-17)9-18(16)23(3)12-14/h6-8,11,14,16,18,21H,4-5,9-10,12H2,1-3H3,(H,22,25)/t14?,16?,18-/m1/s1. The van der Waals surface area contributed by atoms with Crippen LogP contribution in [0.25, 0.3) is 10.9 Å². The lowest BCUT2D eigenvalue weighted by Gasteiger charge is -2.45. The van der Waals surface area contributed by atoms with Gasteiger partial charge in [-0.05, 0) is 50.9 Å². The number of piperidine rings is 1. The first-order chi connectivity index (χ1) is 12.1. The molecule has 0 bridgehead atoms. The van der Waals surface area contributed by atoms with E-state index in [-0.39, 0.29) is 12.1 Å². The molecule has 25 heavy (non-hydrogen) atoms. The number of likely N-dealkylation sites (N-methyl/N-ethyl adjacent to an activating group) is 1. The van der Waals surface area contributed by atoms with Gasteiger partial charge in [0.05, 0.1) is 0 Å². The molecule has 4 rings (SSSR count). The van der Waals surface area contributed by atoms with Gasteiger partial charge in [-0.25, -0.2) is 4.79 Å². The van der Waals surface area contributed by atoms with E-state index in [0.717, 1.165) is 32.5 Å². The van der Waals surface area contributed by atoms with Crippen LogP contribution in [-0.4, -0.2) is 59.6 Å². The molecule has 5 heteroatoms. The average Bonchev–Trinajstić information content (AvgIpc) is 3.02. The summed E-state index contributed by atoms with van der Waals surface area (Å²) >= 11 is 0. The van der Waals surface area contributed by atoms with Crippen LogP contribution in [0.3, 0.4) is 0 Å². The quantitative estimate of drug-likeness (QED) is 0.903. The monoisotopic (exact) mass is 340 g/mol. The van der Waals surface area contributed by atoms with Crippen LogP contribution in [0, 0.1) is 0 Å². The Morgan fingerprint density at radius 2 is 2.16 bits per heavy atom. The number of hydrogen-bond acceptors (Lipinski definition) is 2. The number of carbonyl (C=O) groups is 1. The third-order valence-electron chi connectivity index (χ3n) is 6.10. The molecule has 2 N–H and O–H groups in total. The number of likely N-dealkylation sites (tertiary alicyclic amines) is 1. The number of H-pyrrole nitrogens is 1. The number of aromatic amines is 1. The number of nitrogens with one attached hydrogen (secondary N) is 2. The number of rotatable bonds is 3. The molecule has 3 atom stereocenters. The van der Waals surface area contributed by atoms with Crippen molar-refractivity contribution in [2.75, 3.05) is 26.7 Å². The summed E-state index contributed by atoms with van der Waals surface area (Å²) in [5.41, 5.74) is 4.12. The van der Waals surface area contributed by atoms with Crippen molar-refractivity contribution in [3.8, 4) is 0 Å². The van der Waals surface area contributed by atoms with Crippen LogP contribution in [0.4, 0.5) is 4.79 Å². The Balaban J connectivity index is 1.60. The second-order valence-corrected chi connectivity index (χ2v) is 7.46. The summed E-state index contributed by atoms with van der Waals surface area (Å²) in [5, 5.41) is 4.68. The average molecular weight is 340 g/mol. The second kappa shape index (κ2) is 6.37. The summed E-state index contributed by atoms with van der Waals surface area (Å²) in [6.07, 6.45) is 4.28. The number of hydrogen-bond donors (Lipinski definition) is 2. The smallest absolute Gasteiger partial charge is 0.317 e. The fourth-order valence-electron chi connectivity index (χ4n) is 4.82. The number of fused-ring (bicyclic) bond motifs is 2. The highest BCUT2D eigenvalue weighted by molar-refractivity contribution is 5.88. The zero-order valence-corrected chi connectivity index (χ0v) is 15.4. The van der Waals surface area contributed by atoms with Crippen LogP contribution < -0.4 is 5.32 Å². The van der Waals surface area contributed by atoms with Crippen molar-refractivity contribution in [3.63, 3.8) is 0 Å². The lowest BCUT2D eigenvalue weighted by Crippen LogP contribution is -2.56. The molecule has 0 radical (unpaired) electrons. The van der Waals surface area contributed by atoms with Gasteiger partial charge in [0.25, 0.3) is 0 Å². The number of aromatic nitrogens is 1. The number of nitrogens with zero attached hydrogens (tertiary/aromatic N) is 2. The van der Waals surface area contributed by atoms with Crippen LogP contribution in [0.2, 0.25) is 0 Å². The Kier molecular flexibility index (Phi) is 4.20. The Labute approximate surface area is 149 Å². The molecular formula is C20H28N4O. The maximum absolute atomic E-state index is 12.5. The highest BCUT2D eigenvalue weighted by atomic mass is 16.2. The van der Waals surface area contributed by atoms with E-state index in [1.807, 2.05) is 18.7 Å². The SMILES string of the molecule is CCN(CC)C(=O)NC1CC2c3cccc4[nH]cc(c34)C[C@H]2N(C)C1. The molecule has 5 nitrogen and oxygen atoms in total. The largest absolute Gasteiger partial charge is 0.361 e. The van der Waals surface area contributed by atoms with E-state index < -0.39 is 0 Å². The number of amides is 2. The molecular weight excluding hydrogens is 312 g/mol. The molecule has 0 saturated carbocycles. The second-order valence-electron chi connectivity index (χ2n) is 7.46. The minimum Gasteiger partial charge on any atom is -0.361 e. The topological polar surface area (TPSA) is 51.4 Å². The molecule has 2 aliphatic rings. The molecule has 2 aromatic rings. The van der Waals surface area contributed by atoms with Crippen molar-refractivity contribution in [1.29, 1.82) is 0 Å². The summed E-state index contributed by atoms with van der Waals surface area (Å²) in [6, 6.07) is 7.38. The van der Waals surface area contributed by atoms with Crippen molar-refractivity contribution >= 4 is 16.9 Å². The van der Waals surface area contributed by atoms with Crippen LogP contribution in [0.5, 0.6) is 0 Å². The fraction of sp³-hybridized carbons (Fsp3) is 0.550. The minimum absolute atomic E-state index is 0.0678. The molecule has 1 aromatic heterocycles. The van der Waals surface area contributed by atoms with Gasteiger partial charge in [-0.2, -0.15) is 0 Å².